The van der Waals surface area contributed by atoms with E-state index in [0.717, 1.165) is 0 Å². The highest BCUT2D eigenvalue weighted by atomic mass is 35.5. The highest BCUT2D eigenvalue weighted by Gasteiger charge is 2.30. The molecule has 0 spiro atoms. The van der Waals surface area contributed by atoms with Gasteiger partial charge in [-0.05, 0) is 47.7 Å². The first kappa shape index (κ1) is 15.7. The number of carbonyl (C=O) groups is 1. The minimum atomic E-state index is -0.348. The van der Waals surface area contributed by atoms with Gasteiger partial charge in [0.05, 0.1) is 4.91 Å². The quantitative estimate of drug-likeness (QED) is 0.606. The van der Waals surface area contributed by atoms with Crippen LogP contribution in [0.4, 0.5) is 10.1 Å². The molecule has 3 rings (SSSR count). The molecule has 1 saturated heterocycles. The number of hydrogen-bond acceptors (Lipinski definition) is 4. The lowest BCUT2D eigenvalue weighted by molar-refractivity contribution is -0.121. The molecule has 0 radical (unpaired) electrons. The van der Waals surface area contributed by atoms with Crippen LogP contribution in [0, 0.1) is 5.82 Å². The minimum absolute atomic E-state index is 0.196. The van der Waals surface area contributed by atoms with Gasteiger partial charge in [-0.3, -0.25) is 9.69 Å². The Kier molecular flexibility index (Phi) is 4.45. The van der Waals surface area contributed by atoms with Gasteiger partial charge in [-0.2, -0.15) is 0 Å². The molecule has 2 heterocycles. The second-order valence-electron chi connectivity index (χ2n) is 4.74. The molecule has 0 aliphatic carbocycles. The van der Waals surface area contributed by atoms with E-state index in [1.807, 2.05) is 0 Å². The standard InChI is InChI=1S/C16H11ClFN3OS/c1-21-15(22)13(9-10-4-2-5-11(18)8-10)23-16(21)20-12-6-3-7-19-14(12)17/h2-9H,1H3/b13-9-,20-16?. The molecule has 1 amide bonds. The Morgan fingerprint density at radius 1 is 1.35 bits per heavy atom. The predicted octanol–water partition coefficient (Wildman–Crippen LogP) is 4.11. The van der Waals surface area contributed by atoms with Crippen LogP contribution in [-0.4, -0.2) is 28.0 Å². The average Bonchev–Trinajstić information content (AvgIpc) is 2.78. The number of halogens is 2. The Morgan fingerprint density at radius 2 is 2.17 bits per heavy atom. The van der Waals surface area contributed by atoms with Crippen molar-refractivity contribution in [3.05, 3.63) is 64.0 Å². The normalized spacial score (nSPS) is 18.2. The van der Waals surface area contributed by atoms with E-state index in [0.29, 0.717) is 21.3 Å². The van der Waals surface area contributed by atoms with Gasteiger partial charge in [0.15, 0.2) is 10.3 Å². The third-order valence-corrected chi connectivity index (χ3v) is 4.46. The van der Waals surface area contributed by atoms with E-state index < -0.39 is 0 Å². The topological polar surface area (TPSA) is 45.6 Å². The van der Waals surface area contributed by atoms with Crippen molar-refractivity contribution in [3.63, 3.8) is 0 Å². The number of rotatable bonds is 2. The Morgan fingerprint density at radius 3 is 2.91 bits per heavy atom. The maximum absolute atomic E-state index is 13.2. The number of thioether (sulfide) groups is 1. The van der Waals surface area contributed by atoms with Crippen LogP contribution in [0.15, 0.2) is 52.5 Å². The number of carbonyl (C=O) groups excluding carboxylic acids is 1. The molecule has 0 saturated carbocycles. The van der Waals surface area contributed by atoms with Gasteiger partial charge in [-0.15, -0.1) is 0 Å². The Balaban J connectivity index is 1.93. The first-order chi connectivity index (χ1) is 11.0. The maximum Gasteiger partial charge on any atom is 0.266 e. The highest BCUT2D eigenvalue weighted by molar-refractivity contribution is 8.18. The van der Waals surface area contributed by atoms with Crippen molar-refractivity contribution in [3.8, 4) is 0 Å². The molecular formula is C16H11ClFN3OS. The van der Waals surface area contributed by atoms with Crippen molar-refractivity contribution < 1.29 is 9.18 Å². The van der Waals surface area contributed by atoms with Crippen molar-refractivity contribution >= 4 is 46.2 Å². The van der Waals surface area contributed by atoms with Gasteiger partial charge in [-0.25, -0.2) is 14.4 Å². The van der Waals surface area contributed by atoms with Gasteiger partial charge in [-0.1, -0.05) is 23.7 Å². The summed E-state index contributed by atoms with van der Waals surface area (Å²) in [6.45, 7) is 0. The molecule has 0 unspecified atom stereocenters. The van der Waals surface area contributed by atoms with E-state index in [1.165, 1.54) is 28.8 Å². The Bertz CT molecular complexity index is 838. The Hall–Kier alpha value is -2.18. The van der Waals surface area contributed by atoms with Gasteiger partial charge >= 0.3 is 0 Å². The van der Waals surface area contributed by atoms with Crippen LogP contribution in [0.25, 0.3) is 6.08 Å². The summed E-state index contributed by atoms with van der Waals surface area (Å²) in [6.07, 6.45) is 3.21. The second-order valence-corrected chi connectivity index (χ2v) is 6.10. The maximum atomic E-state index is 13.2. The van der Waals surface area contributed by atoms with Crippen LogP contribution in [-0.2, 0) is 4.79 Å². The molecule has 7 heteroatoms. The number of aromatic nitrogens is 1. The molecule has 2 aromatic rings. The summed E-state index contributed by atoms with van der Waals surface area (Å²) in [7, 11) is 1.63. The third-order valence-electron chi connectivity index (χ3n) is 3.11. The molecule has 0 atom stereocenters. The summed E-state index contributed by atoms with van der Waals surface area (Å²) in [5.41, 5.74) is 1.11. The molecule has 1 aromatic heterocycles. The van der Waals surface area contributed by atoms with Crippen molar-refractivity contribution in [1.29, 1.82) is 0 Å². The number of pyridine rings is 1. The van der Waals surface area contributed by atoms with Crippen LogP contribution >= 0.6 is 23.4 Å². The third kappa shape index (κ3) is 3.43. The zero-order valence-electron chi connectivity index (χ0n) is 12.0. The van der Waals surface area contributed by atoms with Gasteiger partial charge in [0.25, 0.3) is 5.91 Å². The average molecular weight is 348 g/mol. The fourth-order valence-corrected chi connectivity index (χ4v) is 3.10. The van der Waals surface area contributed by atoms with Crippen LogP contribution in [0.1, 0.15) is 5.56 Å². The molecule has 23 heavy (non-hydrogen) atoms. The van der Waals surface area contributed by atoms with Gasteiger partial charge in [0.1, 0.15) is 11.5 Å². The molecule has 1 aliphatic rings. The first-order valence-electron chi connectivity index (χ1n) is 6.67. The highest BCUT2D eigenvalue weighted by Crippen LogP contribution is 2.34. The summed E-state index contributed by atoms with van der Waals surface area (Å²) in [5.74, 6) is -0.544. The number of benzene rings is 1. The van der Waals surface area contributed by atoms with E-state index in [1.54, 1.807) is 43.6 Å². The van der Waals surface area contributed by atoms with Crippen LogP contribution in [0.2, 0.25) is 5.15 Å². The lowest BCUT2D eigenvalue weighted by atomic mass is 10.2. The van der Waals surface area contributed by atoms with Crippen molar-refractivity contribution in [2.24, 2.45) is 4.99 Å². The zero-order chi connectivity index (χ0) is 16.4. The number of aliphatic imine (C=N–C) groups is 1. The molecule has 0 N–H and O–H groups in total. The lowest BCUT2D eigenvalue weighted by Crippen LogP contribution is -2.23. The minimum Gasteiger partial charge on any atom is -0.290 e. The molecule has 1 aliphatic heterocycles. The number of hydrogen-bond donors (Lipinski definition) is 0. The Labute approximate surface area is 141 Å². The van der Waals surface area contributed by atoms with E-state index >= 15 is 0 Å². The molecular weight excluding hydrogens is 337 g/mol. The number of amidine groups is 1. The number of amides is 1. The van der Waals surface area contributed by atoms with Gasteiger partial charge < -0.3 is 0 Å². The van der Waals surface area contributed by atoms with Crippen LogP contribution in [0.5, 0.6) is 0 Å². The van der Waals surface area contributed by atoms with E-state index in [4.69, 9.17) is 11.6 Å². The number of nitrogens with zero attached hydrogens (tertiary/aromatic N) is 3. The van der Waals surface area contributed by atoms with E-state index in [2.05, 4.69) is 9.98 Å². The molecule has 0 bridgehead atoms. The SMILES string of the molecule is CN1C(=O)/C(=C/c2cccc(F)c2)SC1=Nc1cccnc1Cl. The van der Waals surface area contributed by atoms with E-state index in [9.17, 15) is 9.18 Å². The van der Waals surface area contributed by atoms with Crippen LogP contribution in [0.3, 0.4) is 0 Å². The summed E-state index contributed by atoms with van der Waals surface area (Å²) in [4.78, 5) is 22.5. The molecule has 4 nitrogen and oxygen atoms in total. The summed E-state index contributed by atoms with van der Waals surface area (Å²) in [6, 6.07) is 9.49. The smallest absolute Gasteiger partial charge is 0.266 e. The summed E-state index contributed by atoms with van der Waals surface area (Å²) in [5, 5.41) is 0.761. The fraction of sp³-hybridized carbons (Fsp3) is 0.0625. The predicted molar refractivity (Wildman–Crippen MR) is 91.1 cm³/mol. The van der Waals surface area contributed by atoms with Crippen molar-refractivity contribution in [2.45, 2.75) is 0 Å². The molecule has 1 aromatic carbocycles. The van der Waals surface area contributed by atoms with Gasteiger partial charge in [0.2, 0.25) is 0 Å². The monoisotopic (exact) mass is 347 g/mol. The summed E-state index contributed by atoms with van der Waals surface area (Å²) >= 11 is 7.19. The van der Waals surface area contributed by atoms with Crippen molar-refractivity contribution in [2.75, 3.05) is 7.05 Å². The second kappa shape index (κ2) is 6.52. The lowest BCUT2D eigenvalue weighted by Gasteiger charge is -2.07. The summed E-state index contributed by atoms with van der Waals surface area (Å²) < 4.78 is 13.2. The zero-order valence-corrected chi connectivity index (χ0v) is 13.6. The van der Waals surface area contributed by atoms with Crippen LogP contribution < -0.4 is 0 Å². The molecule has 1 fully saturated rings. The van der Waals surface area contributed by atoms with Crippen molar-refractivity contribution in [1.82, 2.24) is 9.88 Å². The van der Waals surface area contributed by atoms with Gasteiger partial charge in [0, 0.05) is 13.2 Å². The number of likely N-dealkylation sites (N-methyl/N-ethyl adjacent to an activating group) is 1. The largest absolute Gasteiger partial charge is 0.290 e. The van der Waals surface area contributed by atoms with E-state index in [-0.39, 0.29) is 16.9 Å². The fourth-order valence-electron chi connectivity index (χ4n) is 1.96. The first-order valence-corrected chi connectivity index (χ1v) is 7.86. The molecule has 116 valence electrons.